The lowest BCUT2D eigenvalue weighted by Gasteiger charge is -2.06. The van der Waals surface area contributed by atoms with Gasteiger partial charge in [0, 0.05) is 35.9 Å². The summed E-state index contributed by atoms with van der Waals surface area (Å²) in [5, 5.41) is 2.57. The summed E-state index contributed by atoms with van der Waals surface area (Å²) in [5.74, 6) is 0.963. The Kier molecular flexibility index (Phi) is 4.50. The third-order valence-electron chi connectivity index (χ3n) is 3.90. The van der Waals surface area contributed by atoms with Crippen LogP contribution in [0.2, 0.25) is 0 Å². The highest BCUT2D eigenvalue weighted by molar-refractivity contribution is 5.96. The number of carbonyl (C=O) groups is 1. The summed E-state index contributed by atoms with van der Waals surface area (Å²) in [6.45, 7) is 1.99. The van der Waals surface area contributed by atoms with Gasteiger partial charge in [0.1, 0.15) is 0 Å². The van der Waals surface area contributed by atoms with Gasteiger partial charge in [-0.15, -0.1) is 0 Å². The summed E-state index contributed by atoms with van der Waals surface area (Å²) in [6.07, 6.45) is 5.97. The predicted octanol–water partition coefficient (Wildman–Crippen LogP) is 2.63. The fourth-order valence-electron chi connectivity index (χ4n) is 2.70. The number of H-pyrrole nitrogens is 1. The van der Waals surface area contributed by atoms with Gasteiger partial charge in [0.15, 0.2) is 5.82 Å². The van der Waals surface area contributed by atoms with Crippen LogP contribution >= 0.6 is 0 Å². The largest absolute Gasteiger partial charge is 0.450 e. The van der Waals surface area contributed by atoms with Crippen LogP contribution in [0.4, 0.5) is 16.7 Å². The average Bonchev–Trinajstić information content (AvgIpc) is 3.10. The van der Waals surface area contributed by atoms with E-state index in [9.17, 15) is 4.79 Å². The first-order valence-corrected chi connectivity index (χ1v) is 8.47. The van der Waals surface area contributed by atoms with Crippen LogP contribution in [-0.4, -0.2) is 42.6 Å². The number of fused-ring (bicyclic) bond motifs is 1. The van der Waals surface area contributed by atoms with Gasteiger partial charge in [-0.05, 0) is 30.7 Å². The van der Waals surface area contributed by atoms with E-state index < -0.39 is 6.09 Å². The molecular formula is C18H16N8O2. The van der Waals surface area contributed by atoms with Crippen molar-refractivity contribution in [3.05, 3.63) is 43.0 Å². The van der Waals surface area contributed by atoms with Crippen molar-refractivity contribution < 1.29 is 9.53 Å². The predicted molar refractivity (Wildman–Crippen MR) is 103 cm³/mol. The first kappa shape index (κ1) is 17.3. The van der Waals surface area contributed by atoms with E-state index in [0.29, 0.717) is 22.4 Å². The fourth-order valence-corrected chi connectivity index (χ4v) is 2.70. The van der Waals surface area contributed by atoms with Gasteiger partial charge in [-0.2, -0.15) is 0 Å². The number of carbonyl (C=O) groups excluding carboxylic acids is 1. The molecule has 0 aliphatic rings. The van der Waals surface area contributed by atoms with Crippen LogP contribution in [-0.2, 0) is 4.74 Å². The number of aromatic amines is 1. The van der Waals surface area contributed by atoms with Crippen LogP contribution in [0.3, 0.4) is 0 Å². The molecule has 1 aromatic carbocycles. The molecule has 0 radical (unpaired) electrons. The Morgan fingerprint density at radius 3 is 2.61 bits per heavy atom. The van der Waals surface area contributed by atoms with Gasteiger partial charge in [-0.1, -0.05) is 0 Å². The zero-order chi connectivity index (χ0) is 19.5. The lowest BCUT2D eigenvalue weighted by molar-refractivity contribution is 0.167. The number of hydrogen-bond acceptors (Lipinski definition) is 8. The summed E-state index contributed by atoms with van der Waals surface area (Å²) in [7, 11) is 0. The number of benzene rings is 1. The molecule has 0 fully saturated rings. The SMILES string of the molecule is CCOC(=O)Nc1nc2cc(-c3cnc(N)nc3)cc(-c3ncccn3)c2[nH]1. The Balaban J connectivity index is 1.86. The van der Waals surface area contributed by atoms with Crippen LogP contribution in [0.5, 0.6) is 0 Å². The number of ether oxygens (including phenoxy) is 1. The highest BCUT2D eigenvalue weighted by Gasteiger charge is 2.15. The van der Waals surface area contributed by atoms with Crippen molar-refractivity contribution in [1.29, 1.82) is 0 Å². The highest BCUT2D eigenvalue weighted by atomic mass is 16.5. The van der Waals surface area contributed by atoms with Gasteiger partial charge in [-0.25, -0.2) is 29.7 Å². The second-order valence-electron chi connectivity index (χ2n) is 5.75. The molecule has 0 unspecified atom stereocenters. The smallest absolute Gasteiger partial charge is 0.413 e. The normalized spacial score (nSPS) is 10.8. The standard InChI is InChI=1S/C18H16N8O2/c1-2-28-18(27)26-17-24-13-7-10(11-8-22-16(19)23-9-11)6-12(14(13)25-17)15-20-4-3-5-21-15/h3-9H,2H2,1H3,(H2,19,22,23)(H2,24,25,26,27). The summed E-state index contributed by atoms with van der Waals surface area (Å²) in [5.41, 5.74) is 9.16. The number of rotatable bonds is 4. The first-order chi connectivity index (χ1) is 13.6. The fraction of sp³-hybridized carbons (Fsp3) is 0.111. The van der Waals surface area contributed by atoms with Gasteiger partial charge in [-0.3, -0.25) is 5.32 Å². The van der Waals surface area contributed by atoms with Crippen molar-refractivity contribution in [2.24, 2.45) is 0 Å². The number of nitrogens with zero attached hydrogens (tertiary/aromatic N) is 5. The van der Waals surface area contributed by atoms with Crippen LogP contribution in [0.25, 0.3) is 33.5 Å². The van der Waals surface area contributed by atoms with E-state index in [1.807, 2.05) is 12.1 Å². The van der Waals surface area contributed by atoms with E-state index in [1.54, 1.807) is 37.8 Å². The number of aromatic nitrogens is 6. The molecule has 4 aromatic rings. The minimum atomic E-state index is -0.591. The minimum Gasteiger partial charge on any atom is -0.450 e. The van der Waals surface area contributed by atoms with Gasteiger partial charge in [0.05, 0.1) is 17.6 Å². The third-order valence-corrected chi connectivity index (χ3v) is 3.90. The molecule has 140 valence electrons. The van der Waals surface area contributed by atoms with E-state index in [-0.39, 0.29) is 18.5 Å². The van der Waals surface area contributed by atoms with Crippen molar-refractivity contribution in [2.75, 3.05) is 17.7 Å². The average molecular weight is 376 g/mol. The van der Waals surface area contributed by atoms with E-state index in [1.165, 1.54) is 0 Å². The Morgan fingerprint density at radius 1 is 1.14 bits per heavy atom. The van der Waals surface area contributed by atoms with Crippen molar-refractivity contribution >= 4 is 29.0 Å². The minimum absolute atomic E-state index is 0.192. The number of nitrogens with two attached hydrogens (primary N) is 1. The Bertz CT molecular complexity index is 1130. The Morgan fingerprint density at radius 2 is 1.89 bits per heavy atom. The van der Waals surface area contributed by atoms with Gasteiger partial charge in [0.25, 0.3) is 0 Å². The number of hydrogen-bond donors (Lipinski definition) is 3. The molecule has 28 heavy (non-hydrogen) atoms. The molecule has 10 nitrogen and oxygen atoms in total. The molecule has 4 N–H and O–H groups in total. The van der Waals surface area contributed by atoms with Gasteiger partial charge < -0.3 is 15.5 Å². The molecule has 0 atom stereocenters. The molecule has 0 saturated heterocycles. The van der Waals surface area contributed by atoms with Crippen LogP contribution in [0.1, 0.15) is 6.92 Å². The molecular weight excluding hydrogens is 360 g/mol. The molecule has 1 amide bonds. The molecule has 0 bridgehead atoms. The lowest BCUT2D eigenvalue weighted by Crippen LogP contribution is -2.14. The maximum absolute atomic E-state index is 11.7. The number of anilines is 2. The second-order valence-corrected chi connectivity index (χ2v) is 5.75. The topological polar surface area (TPSA) is 145 Å². The number of amides is 1. The lowest BCUT2D eigenvalue weighted by atomic mass is 10.0. The van der Waals surface area contributed by atoms with Gasteiger partial charge in [0.2, 0.25) is 11.9 Å². The zero-order valence-electron chi connectivity index (χ0n) is 14.9. The second kappa shape index (κ2) is 7.27. The molecule has 0 saturated carbocycles. The van der Waals surface area contributed by atoms with E-state index in [4.69, 9.17) is 10.5 Å². The molecule has 3 aromatic heterocycles. The van der Waals surface area contributed by atoms with E-state index in [2.05, 4.69) is 35.2 Å². The van der Waals surface area contributed by atoms with Crippen molar-refractivity contribution in [3.8, 4) is 22.5 Å². The van der Waals surface area contributed by atoms with Crippen LogP contribution in [0.15, 0.2) is 43.0 Å². The molecule has 0 aliphatic heterocycles. The summed E-state index contributed by atoms with van der Waals surface area (Å²) in [4.78, 5) is 36.0. The highest BCUT2D eigenvalue weighted by Crippen LogP contribution is 2.32. The number of nitrogen functional groups attached to an aromatic ring is 1. The maximum Gasteiger partial charge on any atom is 0.413 e. The number of imidazole rings is 1. The van der Waals surface area contributed by atoms with Crippen LogP contribution in [0, 0.1) is 0 Å². The maximum atomic E-state index is 11.7. The zero-order valence-corrected chi connectivity index (χ0v) is 14.9. The molecule has 3 heterocycles. The Hall–Kier alpha value is -4.08. The van der Waals surface area contributed by atoms with Crippen molar-refractivity contribution in [2.45, 2.75) is 6.92 Å². The van der Waals surface area contributed by atoms with Crippen LogP contribution < -0.4 is 11.1 Å². The molecule has 4 rings (SSSR count). The first-order valence-electron chi connectivity index (χ1n) is 8.47. The number of nitrogens with one attached hydrogen (secondary N) is 2. The molecule has 0 spiro atoms. The summed E-state index contributed by atoms with van der Waals surface area (Å²) < 4.78 is 4.90. The quantitative estimate of drug-likeness (QED) is 0.493. The third kappa shape index (κ3) is 3.43. The summed E-state index contributed by atoms with van der Waals surface area (Å²) >= 11 is 0. The van der Waals surface area contributed by atoms with Gasteiger partial charge >= 0.3 is 6.09 Å². The van der Waals surface area contributed by atoms with Crippen molar-refractivity contribution in [3.63, 3.8) is 0 Å². The van der Waals surface area contributed by atoms with E-state index >= 15 is 0 Å². The Labute approximate surface area is 159 Å². The molecule has 10 heteroatoms. The van der Waals surface area contributed by atoms with Crippen molar-refractivity contribution in [1.82, 2.24) is 29.9 Å². The van der Waals surface area contributed by atoms with E-state index in [0.717, 1.165) is 11.1 Å². The summed E-state index contributed by atoms with van der Waals surface area (Å²) in [6, 6.07) is 5.49. The monoisotopic (exact) mass is 376 g/mol. The molecule has 0 aliphatic carbocycles.